The number of hydrogen-bond acceptors (Lipinski definition) is 7. The summed E-state index contributed by atoms with van der Waals surface area (Å²) in [7, 11) is 10.4. The molecule has 1 fully saturated rings. The van der Waals surface area contributed by atoms with Crippen molar-refractivity contribution >= 4 is 5.97 Å². The summed E-state index contributed by atoms with van der Waals surface area (Å²) >= 11 is 0. The number of fused-ring (bicyclic) bond motifs is 2. The molecule has 188 valence electrons. The maximum atomic E-state index is 13.8. The van der Waals surface area contributed by atoms with Gasteiger partial charge in [-0.1, -0.05) is 12.1 Å². The fourth-order valence-corrected chi connectivity index (χ4v) is 5.14. The zero-order valence-corrected chi connectivity index (χ0v) is 21.1. The second-order valence-corrected chi connectivity index (χ2v) is 9.50. The second-order valence-electron chi connectivity index (χ2n) is 9.50. The smallest absolute Gasteiger partial charge is 0.347 e. The van der Waals surface area contributed by atoms with Gasteiger partial charge in [-0.2, -0.15) is 0 Å². The van der Waals surface area contributed by atoms with Gasteiger partial charge < -0.3 is 33.3 Å². The second kappa shape index (κ2) is 9.43. The molecule has 0 aromatic heterocycles. The number of nitrogens with zero attached hydrogens (tertiary/aromatic N) is 1. The minimum atomic E-state index is -2.12. The van der Waals surface area contributed by atoms with Gasteiger partial charge in [-0.15, -0.1) is 0 Å². The molecule has 35 heavy (non-hydrogen) atoms. The summed E-state index contributed by atoms with van der Waals surface area (Å²) in [5.41, 5.74) is -1.53. The molecule has 1 N–H and O–H groups in total. The summed E-state index contributed by atoms with van der Waals surface area (Å²) in [4.78, 5) is 13.8. The number of ether oxygens (including phenoxy) is 5. The fraction of sp³-hybridized carbons (Fsp3) is 0.444. The topological polar surface area (TPSA) is 83.5 Å². The van der Waals surface area contributed by atoms with Gasteiger partial charge in [-0.3, -0.25) is 0 Å². The van der Waals surface area contributed by atoms with Crippen LogP contribution < -0.4 is 18.9 Å². The average molecular weight is 485 g/mol. The molecule has 0 spiro atoms. The van der Waals surface area contributed by atoms with E-state index in [0.717, 1.165) is 4.48 Å². The lowest BCUT2D eigenvalue weighted by atomic mass is 9.85. The number of esters is 1. The molecule has 1 saturated heterocycles. The van der Waals surface area contributed by atoms with E-state index >= 15 is 0 Å². The summed E-state index contributed by atoms with van der Waals surface area (Å²) in [5.74, 6) is 0.975. The number of methoxy groups -OCH3 is 4. The van der Waals surface area contributed by atoms with Crippen LogP contribution in [0.15, 0.2) is 48.6 Å². The van der Waals surface area contributed by atoms with Crippen molar-refractivity contribution in [3.63, 3.8) is 0 Å². The van der Waals surface area contributed by atoms with Crippen molar-refractivity contribution in [1.82, 2.24) is 0 Å². The molecule has 0 saturated carbocycles. The third-order valence-electron chi connectivity index (χ3n) is 7.45. The monoisotopic (exact) mass is 484 g/mol. The van der Waals surface area contributed by atoms with E-state index in [1.54, 1.807) is 36.4 Å². The highest BCUT2D eigenvalue weighted by Crippen LogP contribution is 2.42. The van der Waals surface area contributed by atoms with E-state index in [2.05, 4.69) is 26.2 Å². The Morgan fingerprint density at radius 2 is 1.23 bits per heavy atom. The van der Waals surface area contributed by atoms with Crippen LogP contribution in [0.5, 0.6) is 23.0 Å². The van der Waals surface area contributed by atoms with Crippen LogP contribution in [-0.4, -0.2) is 76.3 Å². The van der Waals surface area contributed by atoms with Crippen LogP contribution in [0.25, 0.3) is 0 Å². The van der Waals surface area contributed by atoms with Crippen LogP contribution in [0.2, 0.25) is 0 Å². The van der Waals surface area contributed by atoms with Crippen LogP contribution in [0.1, 0.15) is 24.0 Å². The molecular formula is C27H34NO7+. The molecule has 2 aliphatic rings. The van der Waals surface area contributed by atoms with E-state index in [1.165, 1.54) is 28.4 Å². The van der Waals surface area contributed by atoms with Crippen molar-refractivity contribution in [2.24, 2.45) is 0 Å². The van der Waals surface area contributed by atoms with Crippen molar-refractivity contribution in [3.05, 3.63) is 59.7 Å². The fourth-order valence-electron chi connectivity index (χ4n) is 5.14. The van der Waals surface area contributed by atoms with Gasteiger partial charge in [0.2, 0.25) is 5.60 Å². The van der Waals surface area contributed by atoms with Crippen molar-refractivity contribution < 1.29 is 38.1 Å². The number of rotatable bonds is 8. The Bertz CT molecular complexity index is 1050. The zero-order chi connectivity index (χ0) is 25.4. The molecule has 0 radical (unpaired) electrons. The van der Waals surface area contributed by atoms with E-state index in [-0.39, 0.29) is 18.2 Å². The lowest BCUT2D eigenvalue weighted by Crippen LogP contribution is -2.57. The Morgan fingerprint density at radius 3 is 1.63 bits per heavy atom. The number of quaternary nitrogens is 1. The highest BCUT2D eigenvalue weighted by atomic mass is 16.6. The standard InChI is InChI=1S/C27H34NO7/c1-28(2)19-9-10-20(28)16-21(15-19)35-26(29)27(30,17-7-11-22(31-3)24(13-17)33-5)18-8-12-23(32-4)25(14-18)34-6/h7-14,19-21,30H,15-16H2,1-6H3/q+1. The van der Waals surface area contributed by atoms with E-state index in [4.69, 9.17) is 23.7 Å². The molecule has 2 aliphatic heterocycles. The van der Waals surface area contributed by atoms with Crippen molar-refractivity contribution in [3.8, 4) is 23.0 Å². The Balaban J connectivity index is 1.74. The van der Waals surface area contributed by atoms with Crippen LogP contribution in [0.4, 0.5) is 0 Å². The van der Waals surface area contributed by atoms with E-state index < -0.39 is 11.6 Å². The van der Waals surface area contributed by atoms with Gasteiger partial charge in [0, 0.05) is 24.0 Å². The molecule has 8 nitrogen and oxygen atoms in total. The molecule has 0 aliphatic carbocycles. The molecule has 0 amide bonds. The number of carbonyl (C=O) groups excluding carboxylic acids is 1. The zero-order valence-electron chi connectivity index (χ0n) is 21.1. The quantitative estimate of drug-likeness (QED) is 0.350. The van der Waals surface area contributed by atoms with Gasteiger partial charge >= 0.3 is 5.97 Å². The number of benzene rings is 2. The maximum Gasteiger partial charge on any atom is 0.347 e. The Kier molecular flexibility index (Phi) is 6.71. The minimum absolute atomic E-state index is 0.266. The molecule has 2 unspecified atom stereocenters. The molecule has 8 heteroatoms. The van der Waals surface area contributed by atoms with Crippen LogP contribution >= 0.6 is 0 Å². The van der Waals surface area contributed by atoms with Gasteiger partial charge in [-0.25, -0.2) is 4.79 Å². The predicted molar refractivity (Wildman–Crippen MR) is 130 cm³/mol. The number of piperidine rings is 1. The normalized spacial score (nSPS) is 22.4. The molecule has 2 heterocycles. The number of aliphatic hydroxyl groups is 1. The molecule has 2 bridgehead atoms. The minimum Gasteiger partial charge on any atom is -0.493 e. The first-order valence-electron chi connectivity index (χ1n) is 11.6. The van der Waals surface area contributed by atoms with Gasteiger partial charge in [0.1, 0.15) is 18.2 Å². The van der Waals surface area contributed by atoms with Crippen LogP contribution in [0.3, 0.4) is 0 Å². The first-order valence-corrected chi connectivity index (χ1v) is 11.6. The van der Waals surface area contributed by atoms with Crippen LogP contribution in [-0.2, 0) is 15.1 Å². The van der Waals surface area contributed by atoms with Crippen molar-refractivity contribution in [2.75, 3.05) is 42.5 Å². The first kappa shape index (κ1) is 24.9. The molecule has 4 rings (SSSR count). The van der Waals surface area contributed by atoms with Crippen LogP contribution in [0, 0.1) is 0 Å². The third kappa shape index (κ3) is 4.21. The third-order valence-corrected chi connectivity index (χ3v) is 7.45. The summed E-state index contributed by atoms with van der Waals surface area (Å²) < 4.78 is 28.4. The summed E-state index contributed by atoms with van der Waals surface area (Å²) in [5, 5.41) is 12.1. The molecule has 2 atom stereocenters. The number of likely N-dealkylation sites (N-methyl/N-ethyl adjacent to an activating group) is 1. The number of carbonyl (C=O) groups is 1. The molecular weight excluding hydrogens is 450 g/mol. The largest absolute Gasteiger partial charge is 0.493 e. The molecule has 2 aromatic rings. The Morgan fingerprint density at radius 1 is 0.800 bits per heavy atom. The lowest BCUT2D eigenvalue weighted by Gasteiger charge is -2.44. The average Bonchev–Trinajstić information content (AvgIpc) is 3.02. The molecule has 2 aromatic carbocycles. The predicted octanol–water partition coefficient (Wildman–Crippen LogP) is 3.05. The van der Waals surface area contributed by atoms with E-state index in [1.807, 2.05) is 0 Å². The number of hydrogen-bond donors (Lipinski definition) is 1. The van der Waals surface area contributed by atoms with Gasteiger partial charge in [0.25, 0.3) is 0 Å². The maximum absolute atomic E-state index is 13.8. The highest BCUT2D eigenvalue weighted by Gasteiger charge is 2.49. The highest BCUT2D eigenvalue weighted by molar-refractivity contribution is 5.86. The van der Waals surface area contributed by atoms with Gasteiger partial charge in [0.05, 0.1) is 42.5 Å². The first-order chi connectivity index (χ1) is 16.7. The summed E-state index contributed by atoms with van der Waals surface area (Å²) in [6, 6.07) is 10.3. The lowest BCUT2D eigenvalue weighted by molar-refractivity contribution is -0.926. The Hall–Kier alpha value is -3.23. The van der Waals surface area contributed by atoms with Crippen molar-refractivity contribution in [1.29, 1.82) is 0 Å². The van der Waals surface area contributed by atoms with Crippen molar-refractivity contribution in [2.45, 2.75) is 36.6 Å². The van der Waals surface area contributed by atoms with Gasteiger partial charge in [0.15, 0.2) is 23.0 Å². The summed E-state index contributed by atoms with van der Waals surface area (Å²) in [6.45, 7) is 0. The Labute approximate surface area is 206 Å². The summed E-state index contributed by atoms with van der Waals surface area (Å²) in [6.07, 6.45) is 5.48. The van der Waals surface area contributed by atoms with Gasteiger partial charge in [-0.05, 0) is 36.4 Å². The SMILES string of the molecule is COc1ccc(C(O)(C(=O)OC2CC3C=CC(C2)[N+]3(C)C)c2ccc(OC)c(OC)c2)cc1OC. The van der Waals surface area contributed by atoms with E-state index in [0.29, 0.717) is 47.0 Å². The van der Waals surface area contributed by atoms with E-state index in [9.17, 15) is 9.90 Å².